The van der Waals surface area contributed by atoms with Gasteiger partial charge in [-0.05, 0) is 60.7 Å². The fourth-order valence-corrected chi connectivity index (χ4v) is 9.47. The van der Waals surface area contributed by atoms with Gasteiger partial charge in [-0.2, -0.15) is 47.2 Å². The summed E-state index contributed by atoms with van der Waals surface area (Å²) in [6.45, 7) is -2.05. The van der Waals surface area contributed by atoms with Crippen LogP contribution in [0.1, 0.15) is 0 Å². The molecule has 0 fully saturated rings. The first kappa shape index (κ1) is 49.0. The Labute approximate surface area is 345 Å². The molecule has 4 aromatic rings. The van der Waals surface area contributed by atoms with E-state index in [0.717, 1.165) is 42.5 Å². The van der Waals surface area contributed by atoms with Crippen molar-refractivity contribution in [2.45, 2.75) is 19.6 Å². The van der Waals surface area contributed by atoms with Gasteiger partial charge in [-0.25, -0.2) is 25.2 Å². The Hall–Kier alpha value is -4.69. The number of aromatic hydroxyl groups is 1. The number of fused-ring (bicyclic) bond motifs is 1. The molecule has 0 saturated heterocycles. The van der Waals surface area contributed by atoms with Crippen LogP contribution in [0.15, 0.2) is 101 Å². The van der Waals surface area contributed by atoms with Crippen LogP contribution in [0.3, 0.4) is 0 Å². The molecule has 0 atom stereocenters. The van der Waals surface area contributed by atoms with E-state index in [2.05, 4.69) is 34.1 Å². The summed E-state index contributed by atoms with van der Waals surface area (Å²) in [6, 6.07) is 8.43. The van der Waals surface area contributed by atoms with Crippen molar-refractivity contribution in [1.29, 1.82) is 0 Å². The van der Waals surface area contributed by atoms with Gasteiger partial charge in [0.1, 0.15) is 32.7 Å². The van der Waals surface area contributed by atoms with E-state index in [4.69, 9.17) is 9.11 Å². The van der Waals surface area contributed by atoms with E-state index in [0.29, 0.717) is 18.2 Å². The number of phenols is 1. The molecule has 334 valence electrons. The third-order valence-electron chi connectivity index (χ3n) is 7.38. The van der Waals surface area contributed by atoms with Gasteiger partial charge < -0.3 is 10.4 Å². The minimum Gasteiger partial charge on any atom is -0.505 e. The first-order chi connectivity index (χ1) is 27.8. The highest BCUT2D eigenvalue weighted by Gasteiger charge is 2.26. The van der Waals surface area contributed by atoms with E-state index in [9.17, 15) is 77.7 Å². The molecule has 27 nitrogen and oxygen atoms in total. The Balaban J connectivity index is 1.86. The predicted molar refractivity (Wildman–Crippen MR) is 206 cm³/mol. The number of hydrogen-bond donors (Lipinski definition) is 7. The van der Waals surface area contributed by atoms with Crippen molar-refractivity contribution in [2.75, 3.05) is 35.9 Å². The molecule has 34 heteroatoms. The van der Waals surface area contributed by atoms with Crippen molar-refractivity contribution in [1.82, 2.24) is 0 Å². The molecule has 0 radical (unpaired) electrons. The molecule has 0 aromatic heterocycles. The van der Waals surface area contributed by atoms with Crippen molar-refractivity contribution < 1.29 is 95.2 Å². The molecule has 0 saturated carbocycles. The molecule has 0 unspecified atom stereocenters. The van der Waals surface area contributed by atoms with Crippen molar-refractivity contribution in [3.05, 3.63) is 60.7 Å². The zero-order chi connectivity index (χ0) is 46.0. The number of nitrogens with zero attached hydrogens (tertiary/aromatic N) is 4. The Kier molecular flexibility index (Phi) is 14.4. The second-order valence-electron chi connectivity index (χ2n) is 11.6. The minimum atomic E-state index is -5.41. The third-order valence-corrected chi connectivity index (χ3v) is 13.9. The van der Waals surface area contributed by atoms with Gasteiger partial charge in [-0.1, -0.05) is 0 Å². The predicted octanol–water partition coefficient (Wildman–Crippen LogP) is 2.31. The maximum absolute atomic E-state index is 12.7. The highest BCUT2D eigenvalue weighted by Crippen LogP contribution is 2.47. The second kappa shape index (κ2) is 18.0. The molecule has 4 rings (SSSR count). The molecule has 4 aromatic carbocycles. The van der Waals surface area contributed by atoms with Crippen LogP contribution >= 0.6 is 0 Å². The largest absolute Gasteiger partial charge is 0.505 e. The van der Waals surface area contributed by atoms with Crippen LogP contribution in [-0.4, -0.2) is 117 Å². The molecular weight excluding hydrogens is 971 g/mol. The molecule has 7 N–H and O–H groups in total. The van der Waals surface area contributed by atoms with E-state index in [1.54, 1.807) is 0 Å². The first-order valence-electron chi connectivity index (χ1n) is 15.5. The molecule has 0 bridgehead atoms. The van der Waals surface area contributed by atoms with Gasteiger partial charge >= 0.3 is 20.8 Å². The fraction of sp³-hybridized carbons (Fsp3) is 0.185. The summed E-state index contributed by atoms with van der Waals surface area (Å²) >= 11 is 0. The Morgan fingerprint density at radius 2 is 1.03 bits per heavy atom. The number of rotatable bonds is 19. The topological polar surface area (TPSA) is 440 Å². The van der Waals surface area contributed by atoms with Crippen molar-refractivity contribution in [2.24, 2.45) is 20.5 Å². The third kappa shape index (κ3) is 13.7. The summed E-state index contributed by atoms with van der Waals surface area (Å²) in [4.78, 5) is -3.66. The van der Waals surface area contributed by atoms with Gasteiger partial charge in [0.2, 0.25) is 0 Å². The van der Waals surface area contributed by atoms with E-state index >= 15 is 0 Å². The lowest BCUT2D eigenvalue weighted by atomic mass is 10.1. The van der Waals surface area contributed by atoms with Crippen molar-refractivity contribution in [3.63, 3.8) is 0 Å². The van der Waals surface area contributed by atoms with Crippen molar-refractivity contribution in [3.8, 4) is 5.75 Å². The number of anilines is 1. The van der Waals surface area contributed by atoms with Gasteiger partial charge in [-0.3, -0.25) is 22.8 Å². The van der Waals surface area contributed by atoms with E-state index in [1.165, 1.54) is 0 Å². The molecule has 0 spiro atoms. The number of sulfone groups is 2. The lowest BCUT2D eigenvalue weighted by Gasteiger charge is -2.14. The van der Waals surface area contributed by atoms with Crippen LogP contribution in [-0.2, 0) is 79.2 Å². The zero-order valence-electron chi connectivity index (χ0n) is 29.7. The molecule has 0 heterocycles. The van der Waals surface area contributed by atoms with Crippen LogP contribution in [0.4, 0.5) is 28.4 Å². The molecule has 0 aliphatic carbocycles. The normalized spacial score (nSPS) is 13.7. The van der Waals surface area contributed by atoms with Crippen molar-refractivity contribution >= 4 is 110 Å². The summed E-state index contributed by atoms with van der Waals surface area (Å²) in [6.07, 6.45) is 0. The number of hydrogen-bond acceptors (Lipinski definition) is 22. The lowest BCUT2D eigenvalue weighted by Crippen LogP contribution is -2.16. The lowest BCUT2D eigenvalue weighted by molar-refractivity contribution is 0.282. The summed E-state index contributed by atoms with van der Waals surface area (Å²) in [5.41, 5.74) is -3.06. The number of azo groups is 2. The van der Waals surface area contributed by atoms with Crippen LogP contribution in [0.5, 0.6) is 5.75 Å². The number of phenolic OH excluding ortho intramolecular Hbond substituents is 1. The van der Waals surface area contributed by atoms with Gasteiger partial charge in [0.15, 0.2) is 25.4 Å². The van der Waals surface area contributed by atoms with Gasteiger partial charge in [0, 0.05) is 10.8 Å². The summed E-state index contributed by atoms with van der Waals surface area (Å²) in [5, 5.41) is 27.4. The highest BCUT2D eigenvalue weighted by atomic mass is 32.3. The number of nitrogens with one attached hydrogen (secondary N) is 1. The Morgan fingerprint density at radius 1 is 0.525 bits per heavy atom. The maximum Gasteiger partial charge on any atom is 0.397 e. The molecular formula is C27H27N5O22S7. The van der Waals surface area contributed by atoms with E-state index in [-0.39, 0.29) is 10.6 Å². The van der Waals surface area contributed by atoms with Gasteiger partial charge in [0.25, 0.3) is 30.4 Å². The first-order valence-corrected chi connectivity index (χ1v) is 26.0. The van der Waals surface area contributed by atoms with E-state index in [1.807, 2.05) is 0 Å². The molecule has 0 aliphatic rings. The smallest absolute Gasteiger partial charge is 0.397 e. The summed E-state index contributed by atoms with van der Waals surface area (Å²) < 4.78 is 221. The van der Waals surface area contributed by atoms with Crippen LogP contribution < -0.4 is 5.32 Å². The standard InChI is InChI=1S/C27H27N5O22S7/c33-27-19-6-8-22(28-15-57(38,39)40)25(31-30-21-7-5-18(13-23(21)58(41,42)43)56(36,37)12-10-54-61(50,51)52)20(19)14-24(59(44,45)46)26(27)32-29-16-1-3-17(4-2-16)55(34,35)11-9-53-60(47,48)49/h1-8,13-14,28,33H,9-12,15H2,(H,38,39,40)(H,41,42,43)(H,44,45,46)(H,47,48,49)(H,50,51,52)/b31-30+,32-29+. The Bertz CT molecular complexity index is 3250. The summed E-state index contributed by atoms with van der Waals surface area (Å²) in [5.74, 6) is -4.32. The molecule has 0 amide bonds. The van der Waals surface area contributed by atoms with E-state index < -0.39 is 155 Å². The number of benzene rings is 4. The quantitative estimate of drug-likeness (QED) is 0.0523. The average molecular weight is 998 g/mol. The van der Waals surface area contributed by atoms with Crippen LogP contribution in [0.25, 0.3) is 10.8 Å². The minimum absolute atomic E-state index is 0.187. The molecule has 61 heavy (non-hydrogen) atoms. The monoisotopic (exact) mass is 997 g/mol. The van der Waals surface area contributed by atoms with Crippen LogP contribution in [0, 0.1) is 0 Å². The Morgan fingerprint density at radius 3 is 1.54 bits per heavy atom. The maximum atomic E-state index is 12.7. The molecule has 0 aliphatic heterocycles. The average Bonchev–Trinajstić information content (AvgIpc) is 3.10. The van der Waals surface area contributed by atoms with Crippen LogP contribution in [0.2, 0.25) is 0 Å². The SMILES string of the molecule is O=S(=O)(O)CNc1ccc2c(O)c(/N=N/c3ccc(S(=O)(=O)CCOS(=O)(=O)O)cc3)c(S(=O)(=O)O)cc2c1/N=N/c1ccc(S(=O)(=O)CCOS(=O)(=O)O)cc1S(=O)(=O)O. The van der Waals surface area contributed by atoms with Gasteiger partial charge in [0.05, 0.1) is 45.9 Å². The van der Waals surface area contributed by atoms with Gasteiger partial charge in [-0.15, -0.1) is 15.3 Å². The summed E-state index contributed by atoms with van der Waals surface area (Å²) in [7, 11) is -34.4. The zero-order valence-corrected chi connectivity index (χ0v) is 35.4. The fourth-order valence-electron chi connectivity index (χ4n) is 4.76. The second-order valence-corrected chi connectivity index (χ2v) is 22.3. The highest BCUT2D eigenvalue weighted by molar-refractivity contribution is 7.92.